The topological polar surface area (TPSA) is 408 Å². The van der Waals surface area contributed by atoms with E-state index in [4.69, 9.17) is 11.5 Å². The summed E-state index contributed by atoms with van der Waals surface area (Å²) in [4.78, 5) is 144. The van der Waals surface area contributed by atoms with Crippen LogP contribution in [0.25, 0.3) is 0 Å². The van der Waals surface area contributed by atoms with Crippen molar-refractivity contribution in [2.75, 3.05) is 19.7 Å². The SMILES string of the molecule is CC[C@H](C)[C@H](NC(=O)[C@H](CC(=O)O)NC(=O)[C@@H](NC(=O)CN)C(C)C)C(=O)N[C@@H](Cc1ccc(O)cc1)C(=O)N[C@H](C(=O)N[C@@H](CO)C(=O)N1CCC[C@H]1C(=O)N[C@@H](CC(N)=O)C(=O)O)[C@@H](C)CC. The summed E-state index contributed by atoms with van der Waals surface area (Å²) >= 11 is 0. The number of carbonyl (C=O) groups is 11. The molecule has 1 aliphatic rings. The zero-order chi connectivity index (χ0) is 52.3. The number of amides is 9. The fourth-order valence-corrected chi connectivity index (χ4v) is 7.28. The second kappa shape index (κ2) is 27.8. The number of nitrogens with one attached hydrogen (secondary N) is 7. The van der Waals surface area contributed by atoms with Crippen LogP contribution in [-0.4, -0.2) is 158 Å². The summed E-state index contributed by atoms with van der Waals surface area (Å²) in [6, 6.07) is -6.26. The van der Waals surface area contributed by atoms with Crippen LogP contribution in [0.1, 0.15) is 85.6 Å². The molecule has 10 atom stereocenters. The molecule has 15 N–H and O–H groups in total. The molecule has 25 heteroatoms. The average molecular weight is 977 g/mol. The van der Waals surface area contributed by atoms with Gasteiger partial charge >= 0.3 is 11.9 Å². The van der Waals surface area contributed by atoms with Crippen LogP contribution in [0.2, 0.25) is 0 Å². The van der Waals surface area contributed by atoms with Crippen molar-refractivity contribution in [2.24, 2.45) is 29.2 Å². The van der Waals surface area contributed by atoms with Crippen LogP contribution < -0.4 is 48.7 Å². The van der Waals surface area contributed by atoms with E-state index in [9.17, 15) is 73.2 Å². The first-order valence-corrected chi connectivity index (χ1v) is 22.6. The minimum atomic E-state index is -1.74. The highest BCUT2D eigenvalue weighted by Gasteiger charge is 2.41. The molecule has 0 bridgehead atoms. The number of likely N-dealkylation sites (tertiary alicyclic amines) is 1. The minimum absolute atomic E-state index is 0.0125. The lowest BCUT2D eigenvalue weighted by molar-refractivity contribution is -0.146. The normalized spacial score (nSPS) is 17.2. The smallest absolute Gasteiger partial charge is 0.326 e. The predicted molar refractivity (Wildman–Crippen MR) is 244 cm³/mol. The van der Waals surface area contributed by atoms with Crippen molar-refractivity contribution in [1.82, 2.24) is 42.1 Å². The van der Waals surface area contributed by atoms with Gasteiger partial charge in [0.1, 0.15) is 54.1 Å². The lowest BCUT2D eigenvalue weighted by Gasteiger charge is -2.31. The Morgan fingerprint density at radius 2 is 1.17 bits per heavy atom. The Balaban J connectivity index is 2.44. The van der Waals surface area contributed by atoms with Gasteiger partial charge in [-0.15, -0.1) is 0 Å². The maximum Gasteiger partial charge on any atom is 0.326 e. The minimum Gasteiger partial charge on any atom is -0.508 e. The van der Waals surface area contributed by atoms with E-state index in [0.717, 1.165) is 4.90 Å². The van der Waals surface area contributed by atoms with Gasteiger partial charge < -0.3 is 74.0 Å². The first-order chi connectivity index (χ1) is 32.4. The van der Waals surface area contributed by atoms with E-state index in [-0.39, 0.29) is 38.0 Å². The van der Waals surface area contributed by atoms with Crippen LogP contribution in [0.3, 0.4) is 0 Å². The number of rotatable bonds is 28. The standard InChI is InChI=1S/C44H68N10O15/c1-7-22(5)35(53-38(62)27(18-33(59)60)48-40(64)34(21(3)4)51-32(58)19-45)41(65)47-26(16-24-11-13-25(56)14-12-24)37(61)52-36(23(6)8-2)42(66)50-29(20-55)43(67)54-15-9-10-30(54)39(63)49-28(44(68)69)17-31(46)57/h11-14,21-23,26-30,34-36,55-56H,7-10,15-20,45H2,1-6H3,(H2,46,57)(H,47,65)(H,48,64)(H,49,63)(H,50,66)(H,51,58)(H,52,61)(H,53,62)(H,59,60)(H,68,69)/t22-,23-,26-,27-,28-,29-,30-,34-,35-,36-/m0/s1. The summed E-state index contributed by atoms with van der Waals surface area (Å²) in [7, 11) is 0. The third-order valence-electron chi connectivity index (χ3n) is 11.7. The third-order valence-corrected chi connectivity index (χ3v) is 11.7. The third kappa shape index (κ3) is 17.9. The van der Waals surface area contributed by atoms with Gasteiger partial charge in [0, 0.05) is 13.0 Å². The van der Waals surface area contributed by atoms with Gasteiger partial charge in [0.2, 0.25) is 53.2 Å². The maximum absolute atomic E-state index is 14.3. The molecule has 0 spiro atoms. The number of carboxylic acids is 2. The molecule has 1 fully saturated rings. The molecule has 69 heavy (non-hydrogen) atoms. The number of aliphatic hydroxyl groups is 1. The monoisotopic (exact) mass is 976 g/mol. The highest BCUT2D eigenvalue weighted by molar-refractivity contribution is 5.99. The molecule has 1 heterocycles. The Morgan fingerprint density at radius 3 is 1.64 bits per heavy atom. The van der Waals surface area contributed by atoms with Gasteiger partial charge in [-0.05, 0) is 48.3 Å². The summed E-state index contributed by atoms with van der Waals surface area (Å²) in [6.45, 7) is 8.37. The van der Waals surface area contributed by atoms with E-state index in [1.54, 1.807) is 41.5 Å². The van der Waals surface area contributed by atoms with Gasteiger partial charge in [0.05, 0.1) is 26.0 Å². The molecule has 1 saturated heterocycles. The van der Waals surface area contributed by atoms with E-state index < -0.39 is 157 Å². The molecule has 9 amide bonds. The van der Waals surface area contributed by atoms with Crippen molar-refractivity contribution in [3.05, 3.63) is 29.8 Å². The molecule has 0 saturated carbocycles. The second-order valence-electron chi connectivity index (χ2n) is 17.3. The number of carbonyl (C=O) groups excluding carboxylic acids is 9. The number of nitrogens with zero attached hydrogens (tertiary/aromatic N) is 1. The van der Waals surface area contributed by atoms with Gasteiger partial charge in [0.25, 0.3) is 0 Å². The van der Waals surface area contributed by atoms with E-state index in [0.29, 0.717) is 12.0 Å². The van der Waals surface area contributed by atoms with Crippen molar-refractivity contribution in [3.63, 3.8) is 0 Å². The van der Waals surface area contributed by atoms with Gasteiger partial charge in [-0.3, -0.25) is 47.9 Å². The molecule has 0 radical (unpaired) electrons. The fourth-order valence-electron chi connectivity index (χ4n) is 7.28. The number of phenols is 1. The number of aliphatic hydroxyl groups excluding tert-OH is 1. The maximum atomic E-state index is 14.3. The largest absolute Gasteiger partial charge is 0.508 e. The number of phenolic OH excluding ortho intramolecular Hbond substituents is 1. The number of hydrogen-bond donors (Lipinski definition) is 13. The number of primary amides is 1. The van der Waals surface area contributed by atoms with Crippen molar-refractivity contribution in [2.45, 2.75) is 135 Å². The van der Waals surface area contributed by atoms with E-state index in [1.807, 2.05) is 0 Å². The van der Waals surface area contributed by atoms with Gasteiger partial charge in [-0.2, -0.15) is 0 Å². The molecule has 1 aliphatic heterocycles. The lowest BCUT2D eigenvalue weighted by Crippen LogP contribution is -2.62. The Hall–Kier alpha value is -6.89. The average Bonchev–Trinajstić information content (AvgIpc) is 3.79. The fraction of sp³-hybridized carbons (Fsp3) is 0.614. The molecular formula is C44H68N10O15. The zero-order valence-corrected chi connectivity index (χ0v) is 39.6. The first kappa shape index (κ1) is 58.2. The Kier molecular flexibility index (Phi) is 23.5. The van der Waals surface area contributed by atoms with Crippen molar-refractivity contribution in [1.29, 1.82) is 0 Å². The Labute approximate surface area is 399 Å². The second-order valence-corrected chi connectivity index (χ2v) is 17.3. The van der Waals surface area contributed by atoms with Crippen LogP contribution in [0.5, 0.6) is 5.75 Å². The van der Waals surface area contributed by atoms with Crippen LogP contribution in [0.15, 0.2) is 24.3 Å². The van der Waals surface area contributed by atoms with Crippen LogP contribution in [-0.2, 0) is 59.2 Å². The number of nitrogens with two attached hydrogens (primary N) is 2. The summed E-state index contributed by atoms with van der Waals surface area (Å²) in [6.07, 6.45) is -0.954. The summed E-state index contributed by atoms with van der Waals surface area (Å²) < 4.78 is 0. The van der Waals surface area contributed by atoms with Crippen LogP contribution >= 0.6 is 0 Å². The van der Waals surface area contributed by atoms with Crippen LogP contribution in [0.4, 0.5) is 0 Å². The number of aliphatic carboxylic acids is 2. The molecule has 384 valence electrons. The van der Waals surface area contributed by atoms with E-state index in [2.05, 4.69) is 37.2 Å². The zero-order valence-electron chi connectivity index (χ0n) is 39.6. The first-order valence-electron chi connectivity index (χ1n) is 22.6. The van der Waals surface area contributed by atoms with Crippen molar-refractivity contribution < 1.29 is 73.2 Å². The van der Waals surface area contributed by atoms with Gasteiger partial charge in [-0.25, -0.2) is 4.79 Å². The molecular weight excluding hydrogens is 909 g/mol. The number of carboxylic acid groups (broad SMARTS) is 2. The number of benzene rings is 1. The summed E-state index contributed by atoms with van der Waals surface area (Å²) in [5.74, 6) is -13.2. The van der Waals surface area contributed by atoms with E-state index >= 15 is 0 Å². The molecule has 1 aromatic carbocycles. The van der Waals surface area contributed by atoms with Crippen molar-refractivity contribution >= 4 is 65.1 Å². The lowest BCUT2D eigenvalue weighted by atomic mass is 9.95. The van der Waals surface area contributed by atoms with Gasteiger partial charge in [0.15, 0.2) is 0 Å². The molecule has 0 aromatic heterocycles. The predicted octanol–water partition coefficient (Wildman–Crippen LogP) is -3.55. The molecule has 0 aliphatic carbocycles. The Bertz CT molecular complexity index is 2020. The summed E-state index contributed by atoms with van der Waals surface area (Å²) in [5.41, 5.74) is 10.9. The molecule has 2 rings (SSSR count). The highest BCUT2D eigenvalue weighted by atomic mass is 16.4. The Morgan fingerprint density at radius 1 is 0.667 bits per heavy atom. The van der Waals surface area contributed by atoms with Gasteiger partial charge in [-0.1, -0.05) is 66.5 Å². The number of aromatic hydroxyl groups is 1. The van der Waals surface area contributed by atoms with Crippen LogP contribution in [0, 0.1) is 17.8 Å². The molecule has 1 aromatic rings. The molecule has 0 unspecified atom stereocenters. The quantitative estimate of drug-likeness (QED) is 0.0387. The van der Waals surface area contributed by atoms with Crippen molar-refractivity contribution in [3.8, 4) is 5.75 Å². The molecule has 25 nitrogen and oxygen atoms in total. The number of hydrogen-bond acceptors (Lipinski definition) is 14. The highest BCUT2D eigenvalue weighted by Crippen LogP contribution is 2.20. The van der Waals surface area contributed by atoms with E-state index in [1.165, 1.54) is 24.3 Å². The summed E-state index contributed by atoms with van der Waals surface area (Å²) in [5, 5.41) is 56.5.